The van der Waals surface area contributed by atoms with Crippen LogP contribution in [0.3, 0.4) is 0 Å². The molecule has 1 fully saturated rings. The molecule has 1 aliphatic heterocycles. The summed E-state index contributed by atoms with van der Waals surface area (Å²) < 4.78 is 16.0. The van der Waals surface area contributed by atoms with E-state index in [4.69, 9.17) is 25.8 Å². The topological polar surface area (TPSA) is 82.1 Å². The van der Waals surface area contributed by atoms with Gasteiger partial charge >= 0.3 is 11.9 Å². The van der Waals surface area contributed by atoms with Gasteiger partial charge in [0.2, 0.25) is 5.25 Å². The first-order valence-electron chi connectivity index (χ1n) is 8.84. The first-order valence-corrected chi connectivity index (χ1v) is 9.22. The minimum atomic E-state index is -1.99. The number of esters is 2. The molecule has 0 radical (unpaired) electrons. The second kappa shape index (κ2) is 8.31. The molecular formula is C21H21ClO6. The van der Waals surface area contributed by atoms with Crippen molar-refractivity contribution in [3.63, 3.8) is 0 Å². The van der Waals surface area contributed by atoms with E-state index in [-0.39, 0.29) is 13.0 Å². The molecule has 1 heterocycles. The normalized spacial score (nSPS) is 24.0. The van der Waals surface area contributed by atoms with Crippen LogP contribution in [0.25, 0.3) is 0 Å². The van der Waals surface area contributed by atoms with Gasteiger partial charge in [0, 0.05) is 0 Å². The molecule has 1 aliphatic rings. The van der Waals surface area contributed by atoms with E-state index in [1.54, 1.807) is 48.5 Å². The van der Waals surface area contributed by atoms with Crippen molar-refractivity contribution in [3.8, 4) is 0 Å². The van der Waals surface area contributed by atoms with Gasteiger partial charge in [0.1, 0.15) is 18.8 Å². The molecule has 2 unspecified atom stereocenters. The quantitative estimate of drug-likeness (QED) is 0.607. The van der Waals surface area contributed by atoms with Crippen LogP contribution in [0.2, 0.25) is 0 Å². The van der Waals surface area contributed by atoms with Gasteiger partial charge in [-0.3, -0.25) is 0 Å². The van der Waals surface area contributed by atoms with Crippen LogP contribution in [-0.2, 0) is 14.2 Å². The van der Waals surface area contributed by atoms with E-state index >= 15 is 0 Å². The van der Waals surface area contributed by atoms with Crippen molar-refractivity contribution >= 4 is 23.5 Å². The number of rotatable bonds is 5. The Balaban J connectivity index is 1.63. The van der Waals surface area contributed by atoms with E-state index in [1.165, 1.54) is 0 Å². The van der Waals surface area contributed by atoms with E-state index in [0.29, 0.717) is 11.1 Å². The van der Waals surface area contributed by atoms with Crippen LogP contribution in [-0.4, -0.2) is 41.1 Å². The summed E-state index contributed by atoms with van der Waals surface area (Å²) in [6, 6.07) is 13.8. The van der Waals surface area contributed by atoms with Gasteiger partial charge < -0.3 is 19.3 Å². The van der Waals surface area contributed by atoms with Gasteiger partial charge in [-0.2, -0.15) is 0 Å². The Morgan fingerprint density at radius 3 is 2.07 bits per heavy atom. The molecule has 0 aromatic heterocycles. The summed E-state index contributed by atoms with van der Waals surface area (Å²) in [6.07, 6.45) is -1.88. The van der Waals surface area contributed by atoms with Gasteiger partial charge in [-0.15, -0.1) is 0 Å². The van der Waals surface area contributed by atoms with Crippen LogP contribution in [0.1, 0.15) is 38.3 Å². The predicted molar refractivity (Wildman–Crippen MR) is 102 cm³/mol. The molecule has 3 rings (SSSR count). The summed E-state index contributed by atoms with van der Waals surface area (Å²) in [5, 5.41) is 7.99. The van der Waals surface area contributed by atoms with Gasteiger partial charge in [-0.1, -0.05) is 47.0 Å². The van der Waals surface area contributed by atoms with Gasteiger partial charge in [-0.25, -0.2) is 9.59 Å². The molecule has 1 N–H and O–H groups in total. The molecule has 2 aromatic carbocycles. The van der Waals surface area contributed by atoms with E-state index < -0.39 is 29.4 Å². The fourth-order valence-corrected chi connectivity index (χ4v) is 3.09. The Bertz CT molecular complexity index is 844. The number of hydrogen-bond donors (Lipinski definition) is 1. The highest BCUT2D eigenvalue weighted by Gasteiger charge is 2.47. The fraction of sp³-hybridized carbons (Fsp3) is 0.333. The van der Waals surface area contributed by atoms with Crippen LogP contribution < -0.4 is 0 Å². The predicted octanol–water partition coefficient (Wildman–Crippen LogP) is 3.36. The molecule has 148 valence electrons. The zero-order chi connectivity index (χ0) is 20.3. The number of aliphatic hydroxyl groups is 1. The molecule has 6 nitrogen and oxygen atoms in total. The van der Waals surface area contributed by atoms with Crippen molar-refractivity contribution in [2.24, 2.45) is 0 Å². The highest BCUT2D eigenvalue weighted by molar-refractivity contribution is 6.21. The molecule has 0 bridgehead atoms. The lowest BCUT2D eigenvalue weighted by molar-refractivity contribution is -0.140. The maximum absolute atomic E-state index is 12.3. The third-order valence-electron chi connectivity index (χ3n) is 4.41. The monoisotopic (exact) mass is 404 g/mol. The minimum Gasteiger partial charge on any atom is -0.459 e. The summed E-state index contributed by atoms with van der Waals surface area (Å²) in [4.78, 5) is 24.5. The molecule has 2 aromatic rings. The molecular weight excluding hydrogens is 384 g/mol. The number of carbonyl (C=O) groups is 2. The zero-order valence-corrected chi connectivity index (χ0v) is 16.3. The van der Waals surface area contributed by atoms with Crippen LogP contribution >= 0.6 is 11.6 Å². The Hall–Kier alpha value is -2.41. The Kier molecular flexibility index (Phi) is 6.03. The first kappa shape index (κ1) is 20.3. The zero-order valence-electron chi connectivity index (χ0n) is 15.6. The fourth-order valence-electron chi connectivity index (χ4n) is 2.82. The van der Waals surface area contributed by atoms with Gasteiger partial charge in [0.15, 0.2) is 0 Å². The molecule has 28 heavy (non-hydrogen) atoms. The Labute approximate surface area is 168 Å². The van der Waals surface area contributed by atoms with Crippen LogP contribution in [0.4, 0.5) is 0 Å². The summed E-state index contributed by atoms with van der Waals surface area (Å²) in [5.74, 6) is -1.12. The lowest BCUT2D eigenvalue weighted by Gasteiger charge is -2.19. The molecule has 0 spiro atoms. The molecule has 3 atom stereocenters. The molecule has 7 heteroatoms. The lowest BCUT2D eigenvalue weighted by atomic mass is 10.1. The number of ether oxygens (including phenoxy) is 3. The van der Waals surface area contributed by atoms with Gasteiger partial charge in [0.05, 0.1) is 17.5 Å². The minimum absolute atomic E-state index is 0.140. The average molecular weight is 405 g/mol. The lowest BCUT2D eigenvalue weighted by Crippen LogP contribution is -2.32. The van der Waals surface area contributed by atoms with Gasteiger partial charge in [0.25, 0.3) is 0 Å². The van der Waals surface area contributed by atoms with E-state index in [1.807, 2.05) is 13.8 Å². The van der Waals surface area contributed by atoms with Crippen LogP contribution in [0.5, 0.6) is 0 Å². The summed E-state index contributed by atoms with van der Waals surface area (Å²) >= 11 is 5.86. The van der Waals surface area contributed by atoms with Crippen molar-refractivity contribution in [1.29, 1.82) is 0 Å². The largest absolute Gasteiger partial charge is 0.459 e. The Morgan fingerprint density at radius 2 is 1.54 bits per heavy atom. The average Bonchev–Trinajstić information content (AvgIpc) is 2.94. The van der Waals surface area contributed by atoms with E-state index in [0.717, 1.165) is 11.1 Å². The van der Waals surface area contributed by atoms with E-state index in [2.05, 4.69) is 0 Å². The second-order valence-corrected chi connectivity index (χ2v) is 7.41. The molecule has 0 saturated carbocycles. The number of alkyl halides is 1. The highest BCUT2D eigenvalue weighted by Crippen LogP contribution is 2.34. The number of halogens is 1. The van der Waals surface area contributed by atoms with Crippen molar-refractivity contribution in [1.82, 2.24) is 0 Å². The van der Waals surface area contributed by atoms with Crippen molar-refractivity contribution in [2.75, 3.05) is 6.61 Å². The maximum Gasteiger partial charge on any atom is 0.338 e. The standard InChI is InChI=1S/C21H21ClO6/c1-13-3-7-15(8-4-13)19(23)26-12-18-17(11-21(22,25)28-18)27-20(24)16-9-5-14(2)6-10-16/h3-10,17-18,25H,11-12H2,1-2H3/t17?,18?,21-/m0/s1. The Morgan fingerprint density at radius 1 is 1.04 bits per heavy atom. The van der Waals surface area contributed by atoms with Crippen LogP contribution in [0, 0.1) is 13.8 Å². The summed E-state index contributed by atoms with van der Waals surface area (Å²) in [7, 11) is 0. The number of aryl methyl sites for hydroxylation is 2. The number of carbonyl (C=O) groups excluding carboxylic acids is 2. The molecule has 1 saturated heterocycles. The molecule has 0 amide bonds. The third kappa shape index (κ3) is 5.10. The molecule has 0 aliphatic carbocycles. The SMILES string of the molecule is Cc1ccc(C(=O)OCC2O[C@](O)(Cl)CC2OC(=O)c2ccc(C)cc2)cc1. The van der Waals surface area contributed by atoms with Crippen molar-refractivity contribution in [3.05, 3.63) is 70.8 Å². The van der Waals surface area contributed by atoms with Crippen LogP contribution in [0.15, 0.2) is 48.5 Å². The first-order chi connectivity index (χ1) is 13.2. The summed E-state index contributed by atoms with van der Waals surface area (Å²) in [5.41, 5.74) is 2.78. The number of hydrogen-bond acceptors (Lipinski definition) is 6. The van der Waals surface area contributed by atoms with Gasteiger partial charge in [-0.05, 0) is 38.1 Å². The maximum atomic E-state index is 12.3. The van der Waals surface area contributed by atoms with E-state index in [9.17, 15) is 14.7 Å². The summed E-state index contributed by atoms with van der Waals surface area (Å²) in [6.45, 7) is 3.61. The smallest absolute Gasteiger partial charge is 0.338 e. The third-order valence-corrected chi connectivity index (χ3v) is 4.65. The highest BCUT2D eigenvalue weighted by atomic mass is 35.5. The number of benzene rings is 2. The van der Waals surface area contributed by atoms with Crippen molar-refractivity contribution < 1.29 is 28.9 Å². The van der Waals surface area contributed by atoms with Crippen molar-refractivity contribution in [2.45, 2.75) is 37.7 Å². The second-order valence-electron chi connectivity index (χ2n) is 6.82.